The maximum atomic E-state index is 4.90. The predicted molar refractivity (Wildman–Crippen MR) is 252 cm³/mol. The van der Waals surface area contributed by atoms with Crippen LogP contribution in [0, 0.1) is 18.2 Å². The van der Waals surface area contributed by atoms with Gasteiger partial charge in [0.1, 0.15) is 0 Å². The topological polar surface area (TPSA) is 77.3 Å². The van der Waals surface area contributed by atoms with Crippen LogP contribution in [0.1, 0.15) is 50.7 Å². The summed E-state index contributed by atoms with van der Waals surface area (Å²) in [6, 6.07) is 66.0. The zero-order valence-corrected chi connectivity index (χ0v) is 38.1. The minimum atomic E-state index is 0. The van der Waals surface area contributed by atoms with Gasteiger partial charge >= 0.3 is 20.1 Å². The summed E-state index contributed by atoms with van der Waals surface area (Å²) in [7, 11) is 0. The summed E-state index contributed by atoms with van der Waals surface area (Å²) < 4.78 is 0. The molecule has 0 spiro atoms. The van der Waals surface area contributed by atoms with Crippen LogP contribution in [0.5, 0.6) is 0 Å². The van der Waals surface area contributed by atoms with Crippen molar-refractivity contribution < 1.29 is 20.1 Å². The molecule has 0 amide bonds. The third kappa shape index (κ3) is 13.6. The fourth-order valence-corrected chi connectivity index (χ4v) is 6.55. The Kier molecular flexibility index (Phi) is 17.9. The summed E-state index contributed by atoms with van der Waals surface area (Å²) in [6.07, 6.45) is 12.3. The van der Waals surface area contributed by atoms with E-state index in [9.17, 15) is 0 Å². The van der Waals surface area contributed by atoms with Gasteiger partial charge in [0.05, 0.1) is 0 Å². The Balaban J connectivity index is 0.000000213. The monoisotopic (exact) mass is 998 g/mol. The van der Waals surface area contributed by atoms with E-state index in [1.807, 2.05) is 128 Å². The van der Waals surface area contributed by atoms with Gasteiger partial charge < -0.3 is 15.0 Å². The molecule has 63 heavy (non-hydrogen) atoms. The summed E-state index contributed by atoms with van der Waals surface area (Å²) in [5.74, 6) is 1.95. The predicted octanol–water partition coefficient (Wildman–Crippen LogP) is 13.5. The van der Waals surface area contributed by atoms with Crippen molar-refractivity contribution in [2.45, 2.75) is 52.4 Å². The maximum absolute atomic E-state index is 4.90. The van der Waals surface area contributed by atoms with Crippen LogP contribution in [0.3, 0.4) is 0 Å². The largest absolute Gasteiger partial charge is 3.00 e. The molecule has 0 saturated carbocycles. The molecule has 7 heteroatoms. The zero-order valence-electron chi connectivity index (χ0n) is 35.7. The van der Waals surface area contributed by atoms with Gasteiger partial charge in [-0.15, -0.1) is 108 Å². The molecular formula is C56H49IrN6. The van der Waals surface area contributed by atoms with Crippen molar-refractivity contribution >= 4 is 0 Å². The summed E-state index contributed by atoms with van der Waals surface area (Å²) in [5, 5.41) is 0. The fraction of sp³-hybridized carbons (Fsp3) is 0.143. The van der Waals surface area contributed by atoms with Gasteiger partial charge in [0.2, 0.25) is 0 Å². The standard InChI is InChI=1S/C34H33N4.2C11H8N.Ir/c1-3-5-10-25-14-18-28(19-15-25)32-36-33(29-20-16-26(17-21-29)11-6-4-2)38-34(37-32)30-22-23-31(35-24-30)27-12-8-7-9-13-27;2*1-2-6-10(7-3-1)11-8-4-5-9-12-11;/h7-9,12,14-24H,3-6,10-11H2,1-2H3;2*1-6,8-9H;/q3*-1;+3. The number of hydrogen-bond donors (Lipinski definition) is 0. The molecule has 0 aliphatic heterocycles. The van der Waals surface area contributed by atoms with Crippen LogP contribution >= 0.6 is 0 Å². The van der Waals surface area contributed by atoms with Crippen LogP contribution in [0.4, 0.5) is 0 Å². The normalized spacial score (nSPS) is 10.3. The van der Waals surface area contributed by atoms with Crippen LogP contribution in [0.2, 0.25) is 0 Å². The number of aromatic nitrogens is 6. The Hall–Kier alpha value is -6.79. The first-order valence-electron chi connectivity index (χ1n) is 21.3. The van der Waals surface area contributed by atoms with Crippen molar-refractivity contribution in [3.63, 3.8) is 0 Å². The van der Waals surface area contributed by atoms with Crippen LogP contribution in [0.15, 0.2) is 188 Å². The van der Waals surface area contributed by atoms with E-state index in [1.165, 1.54) is 36.8 Å². The minimum absolute atomic E-state index is 0. The Labute approximate surface area is 386 Å². The summed E-state index contributed by atoms with van der Waals surface area (Å²) in [4.78, 5) is 27.8. The van der Waals surface area contributed by atoms with Gasteiger partial charge in [-0.2, -0.15) is 0 Å². The SMILES string of the molecule is CCCCc1ccc(-c2nc(-c3ccc(CCCC)cc3)nc(-c3ccc(-c4[c-]cccc4)nc3)n2)cc1.[Ir+3].[c-]1ccccc1-c1ccccn1.[c-]1ccccc1-c1ccccn1. The molecule has 0 bridgehead atoms. The second-order valence-electron chi connectivity index (χ2n) is 14.6. The van der Waals surface area contributed by atoms with Crippen molar-refractivity contribution in [2.75, 3.05) is 0 Å². The Morgan fingerprint density at radius 1 is 0.381 bits per heavy atom. The van der Waals surface area contributed by atoms with Gasteiger partial charge in [-0.1, -0.05) is 112 Å². The first-order valence-corrected chi connectivity index (χ1v) is 21.3. The molecule has 0 unspecified atom stereocenters. The number of rotatable bonds is 12. The van der Waals surface area contributed by atoms with E-state index in [1.54, 1.807) is 12.4 Å². The van der Waals surface area contributed by atoms with E-state index in [4.69, 9.17) is 15.0 Å². The van der Waals surface area contributed by atoms with E-state index in [0.29, 0.717) is 17.5 Å². The molecule has 0 aliphatic rings. The molecule has 9 rings (SSSR count). The molecule has 4 heterocycles. The molecule has 0 N–H and O–H groups in total. The number of unbranched alkanes of at least 4 members (excludes halogenated alkanes) is 2. The number of nitrogens with zero attached hydrogens (tertiary/aromatic N) is 6. The number of hydrogen-bond acceptors (Lipinski definition) is 6. The quantitative estimate of drug-likeness (QED) is 0.114. The number of benzene rings is 5. The van der Waals surface area contributed by atoms with Gasteiger partial charge in [-0.25, -0.2) is 15.0 Å². The molecular weight excluding hydrogens is 949 g/mol. The Morgan fingerprint density at radius 3 is 1.10 bits per heavy atom. The molecule has 312 valence electrons. The van der Waals surface area contributed by atoms with Gasteiger partial charge in [0.15, 0.2) is 17.5 Å². The van der Waals surface area contributed by atoms with Gasteiger partial charge in [-0.05, 0) is 66.0 Å². The van der Waals surface area contributed by atoms with E-state index < -0.39 is 0 Å². The van der Waals surface area contributed by atoms with Crippen molar-refractivity contribution in [1.29, 1.82) is 0 Å². The molecule has 0 aliphatic carbocycles. The first-order chi connectivity index (χ1) is 30.7. The minimum Gasteiger partial charge on any atom is -0.305 e. The van der Waals surface area contributed by atoms with Crippen LogP contribution in [-0.2, 0) is 32.9 Å². The number of aryl methyl sites for hydroxylation is 2. The van der Waals surface area contributed by atoms with Crippen molar-refractivity contribution in [1.82, 2.24) is 29.9 Å². The molecule has 9 aromatic rings. The molecule has 0 fully saturated rings. The van der Waals surface area contributed by atoms with Gasteiger partial charge in [0.25, 0.3) is 0 Å². The summed E-state index contributed by atoms with van der Waals surface area (Å²) >= 11 is 0. The van der Waals surface area contributed by atoms with Gasteiger partial charge in [-0.3, -0.25) is 0 Å². The van der Waals surface area contributed by atoms with Crippen molar-refractivity contribution in [3.05, 3.63) is 218 Å². The molecule has 4 aromatic heterocycles. The third-order valence-electron chi connectivity index (χ3n) is 10.0. The van der Waals surface area contributed by atoms with Gasteiger partial charge in [0, 0.05) is 35.3 Å². The molecule has 5 aromatic carbocycles. The van der Waals surface area contributed by atoms with Crippen molar-refractivity contribution in [3.8, 4) is 67.9 Å². The van der Waals surface area contributed by atoms with Crippen LogP contribution in [0.25, 0.3) is 67.9 Å². The van der Waals surface area contributed by atoms with Crippen molar-refractivity contribution in [2.24, 2.45) is 0 Å². The van der Waals surface area contributed by atoms with E-state index >= 15 is 0 Å². The second kappa shape index (κ2) is 24.6. The fourth-order valence-electron chi connectivity index (χ4n) is 6.55. The van der Waals surface area contributed by atoms with E-state index in [2.05, 4.69) is 95.5 Å². The summed E-state index contributed by atoms with van der Waals surface area (Å²) in [5.41, 5.74) is 11.4. The average molecular weight is 998 g/mol. The molecule has 0 radical (unpaired) electrons. The first kappa shape index (κ1) is 45.7. The van der Waals surface area contributed by atoms with Crippen LogP contribution in [-0.4, -0.2) is 29.9 Å². The molecule has 6 nitrogen and oxygen atoms in total. The zero-order chi connectivity index (χ0) is 42.6. The number of pyridine rings is 3. The molecule has 0 atom stereocenters. The van der Waals surface area contributed by atoms with E-state index in [0.717, 1.165) is 63.3 Å². The molecule has 0 saturated heterocycles. The smallest absolute Gasteiger partial charge is 0.305 e. The van der Waals surface area contributed by atoms with Crippen LogP contribution < -0.4 is 0 Å². The second-order valence-corrected chi connectivity index (χ2v) is 14.6. The third-order valence-corrected chi connectivity index (χ3v) is 10.0. The maximum Gasteiger partial charge on any atom is 3.00 e. The average Bonchev–Trinajstić information content (AvgIpc) is 3.37. The Bertz CT molecular complexity index is 2430. The Morgan fingerprint density at radius 2 is 0.762 bits per heavy atom. The van der Waals surface area contributed by atoms with E-state index in [-0.39, 0.29) is 20.1 Å². The summed E-state index contributed by atoms with van der Waals surface area (Å²) in [6.45, 7) is 4.44.